The lowest BCUT2D eigenvalue weighted by molar-refractivity contribution is 0.273. The molecule has 0 amide bonds. The Morgan fingerprint density at radius 2 is 1.49 bits per heavy atom. The van der Waals surface area contributed by atoms with Crippen molar-refractivity contribution in [2.45, 2.75) is 145 Å². The average molecular weight is 1010 g/mol. The lowest BCUT2D eigenvalue weighted by atomic mass is 9.68. The number of fused-ring (bicyclic) bond motifs is 2. The quantitative estimate of drug-likeness (QED) is 0.111. The van der Waals surface area contributed by atoms with Crippen LogP contribution in [0.4, 0.5) is 0 Å². The third-order valence-corrected chi connectivity index (χ3v) is 17.8. The zero-order valence-electron chi connectivity index (χ0n) is 45.8. The van der Waals surface area contributed by atoms with Crippen molar-refractivity contribution in [3.8, 4) is 11.5 Å². The molecule has 382 valence electrons. The van der Waals surface area contributed by atoms with Crippen LogP contribution in [0, 0.1) is 17.8 Å². The van der Waals surface area contributed by atoms with E-state index in [1.54, 1.807) is 0 Å². The zero-order chi connectivity index (χ0) is 51.6. The van der Waals surface area contributed by atoms with Crippen molar-refractivity contribution in [1.82, 2.24) is 18.3 Å². The maximum atomic E-state index is 7.49. The molecule has 0 spiro atoms. The van der Waals surface area contributed by atoms with Crippen LogP contribution in [0.2, 0.25) is 0 Å². The highest BCUT2D eigenvalue weighted by atomic mass is 31.2. The van der Waals surface area contributed by atoms with Gasteiger partial charge in [0.25, 0.3) is 0 Å². The first-order valence-electron chi connectivity index (χ1n) is 26.8. The second-order valence-corrected chi connectivity index (χ2v) is 24.1. The summed E-state index contributed by atoms with van der Waals surface area (Å²) >= 11 is 0. The van der Waals surface area contributed by atoms with E-state index in [2.05, 4.69) is 246 Å². The number of aryl methyl sites for hydroxylation is 3. The molecule has 0 saturated heterocycles. The van der Waals surface area contributed by atoms with Crippen molar-refractivity contribution >= 4 is 17.8 Å². The zero-order valence-corrected chi connectivity index (χ0v) is 47.8. The van der Waals surface area contributed by atoms with E-state index in [-0.39, 0.29) is 28.6 Å². The average Bonchev–Trinajstić information content (AvgIpc) is 4.18. The van der Waals surface area contributed by atoms with Crippen molar-refractivity contribution in [2.75, 3.05) is 13.7 Å². The Morgan fingerprint density at radius 3 is 2.08 bits per heavy atom. The summed E-state index contributed by atoms with van der Waals surface area (Å²) < 4.78 is 28.3. The largest absolute Gasteiger partial charge is 0.490 e. The highest BCUT2D eigenvalue weighted by molar-refractivity contribution is 7.48. The second-order valence-electron chi connectivity index (χ2n) is 21.9. The minimum absolute atomic E-state index is 0.0276. The summed E-state index contributed by atoms with van der Waals surface area (Å²) in [4.78, 5) is 3.59. The van der Waals surface area contributed by atoms with Crippen molar-refractivity contribution < 1.29 is 14.0 Å². The van der Waals surface area contributed by atoms with Gasteiger partial charge in [-0.25, -0.2) is 0 Å². The number of nitrogens with zero attached hydrogens (tertiary/aromatic N) is 3. The highest BCUT2D eigenvalue weighted by Crippen LogP contribution is 2.60. The third-order valence-electron chi connectivity index (χ3n) is 15.2. The first-order chi connectivity index (χ1) is 34.5. The second kappa shape index (κ2) is 22.1. The van der Waals surface area contributed by atoms with E-state index >= 15 is 0 Å². The normalized spacial score (nSPS) is 20.5. The van der Waals surface area contributed by atoms with Gasteiger partial charge in [-0.05, 0) is 130 Å². The SMILES string of the molecule is CCCOc1cc(C(C)(C)C)cc2c1OC1=C(C(C(C)C)C=C1OP1N(C)/C(CC)=C\C(C)C(c3ccccc3)c3ccc(CC)n31)C2(C)C.CCc1ccc(C(c2ccccc2)c2ccc(CC)n2P)[nH]1. The Labute approximate surface area is 436 Å². The van der Waals surface area contributed by atoms with Gasteiger partial charge >= 0.3 is 8.45 Å². The predicted octanol–water partition coefficient (Wildman–Crippen LogP) is 16.8. The molecule has 3 aliphatic rings. The van der Waals surface area contributed by atoms with Gasteiger partial charge in [0.05, 0.1) is 12.5 Å². The standard InChI is InChI=1S/C44H59N2O3P.C19H23N2P/c1-13-23-47-37-26-31(43(7,8)9)25-35-41(37)48-42-38(27-34(28(4)5)40(42)44(35,10)11)49-50-45(12)33(15-3)24-29(6)39(30-19-17-16-18-20-30)36-22-21-32(14-2)46(36)50;1-3-15-10-12-17(20-15)19(14-8-6-5-7-9-14)18-13-11-16(4-2)21(18)22/h16-22,24-29,34,39H,13-15,23H2,1-12H3;5-13,19-20H,3-4,22H2,1-2H3/b33-24-;. The van der Waals surface area contributed by atoms with Crippen LogP contribution in [0.25, 0.3) is 0 Å². The van der Waals surface area contributed by atoms with Crippen LogP contribution >= 0.6 is 17.8 Å². The van der Waals surface area contributed by atoms with Crippen LogP contribution in [0.15, 0.2) is 144 Å². The van der Waals surface area contributed by atoms with Crippen LogP contribution in [0.5, 0.6) is 11.5 Å². The van der Waals surface area contributed by atoms with E-state index in [0.717, 1.165) is 55.1 Å². The molecule has 9 rings (SSSR count). The summed E-state index contributed by atoms with van der Waals surface area (Å²) in [5, 5.41) is 0. The Hall–Kier alpha value is -5.22. The molecule has 7 nitrogen and oxygen atoms in total. The summed E-state index contributed by atoms with van der Waals surface area (Å²) in [6, 6.07) is 39.8. The lowest BCUT2D eigenvalue weighted by Gasteiger charge is -2.40. The molecule has 0 bridgehead atoms. The highest BCUT2D eigenvalue weighted by Gasteiger charge is 2.48. The molecule has 1 aliphatic carbocycles. The van der Waals surface area contributed by atoms with E-state index < -0.39 is 8.45 Å². The van der Waals surface area contributed by atoms with Crippen molar-refractivity contribution in [3.05, 3.63) is 201 Å². The van der Waals surface area contributed by atoms with Crippen LogP contribution in [0.1, 0.15) is 171 Å². The fourth-order valence-electron chi connectivity index (χ4n) is 11.1. The molecule has 72 heavy (non-hydrogen) atoms. The topological polar surface area (TPSA) is 56.6 Å². The van der Waals surface area contributed by atoms with E-state index in [0.29, 0.717) is 18.4 Å². The van der Waals surface area contributed by atoms with Crippen molar-refractivity contribution in [3.63, 3.8) is 0 Å². The van der Waals surface area contributed by atoms with Gasteiger partial charge in [0.1, 0.15) is 0 Å². The monoisotopic (exact) mass is 1000 g/mol. The minimum Gasteiger partial charge on any atom is -0.490 e. The molecule has 3 aromatic heterocycles. The Balaban J connectivity index is 0.000000262. The van der Waals surface area contributed by atoms with E-state index in [1.807, 2.05) is 0 Å². The smallest absolute Gasteiger partial charge is 0.313 e. The Kier molecular flexibility index (Phi) is 16.3. The fourth-order valence-corrected chi connectivity index (χ4v) is 13.6. The van der Waals surface area contributed by atoms with Gasteiger partial charge in [-0.15, -0.1) is 0 Å². The van der Waals surface area contributed by atoms with Gasteiger partial charge in [0, 0.05) is 69.7 Å². The number of benzene rings is 3. The van der Waals surface area contributed by atoms with E-state index in [1.165, 1.54) is 67.7 Å². The number of aromatic amines is 1. The molecular formula is C63H82N4O3P2. The third kappa shape index (κ3) is 10.3. The summed E-state index contributed by atoms with van der Waals surface area (Å²) in [7, 11) is 3.77. The van der Waals surface area contributed by atoms with Crippen LogP contribution in [-0.2, 0) is 34.6 Å². The van der Waals surface area contributed by atoms with Gasteiger partial charge in [0.15, 0.2) is 23.0 Å². The first kappa shape index (κ1) is 53.1. The van der Waals surface area contributed by atoms with Crippen LogP contribution < -0.4 is 9.47 Å². The van der Waals surface area contributed by atoms with Gasteiger partial charge < -0.3 is 28.0 Å². The molecule has 2 aliphatic heterocycles. The number of H-pyrrole nitrogens is 1. The molecule has 0 radical (unpaired) electrons. The minimum atomic E-state index is -1.31. The summed E-state index contributed by atoms with van der Waals surface area (Å²) in [6.07, 6.45) is 9.68. The van der Waals surface area contributed by atoms with E-state index in [9.17, 15) is 0 Å². The summed E-state index contributed by atoms with van der Waals surface area (Å²) in [5.41, 5.74) is 15.2. The fraction of sp³-hybridized carbons (Fsp3) is 0.429. The number of nitrogens with one attached hydrogen (secondary N) is 1. The molecule has 9 heteroatoms. The molecule has 6 aromatic rings. The number of aromatic nitrogens is 3. The van der Waals surface area contributed by atoms with E-state index in [4.69, 9.17) is 14.0 Å². The molecule has 3 aromatic carbocycles. The number of rotatable bonds is 14. The number of hydrogen-bond donors (Lipinski definition) is 1. The Bertz CT molecular complexity index is 2910. The number of ether oxygens (including phenoxy) is 2. The van der Waals surface area contributed by atoms with Gasteiger partial charge in [-0.2, -0.15) is 0 Å². The number of hydrogen-bond acceptors (Lipinski definition) is 4. The molecule has 0 fully saturated rings. The summed E-state index contributed by atoms with van der Waals surface area (Å²) in [5.74, 6) is 4.69. The van der Waals surface area contributed by atoms with Gasteiger partial charge in [0.2, 0.25) is 0 Å². The first-order valence-corrected chi connectivity index (χ1v) is 28.5. The van der Waals surface area contributed by atoms with Crippen LogP contribution in [-0.4, -0.2) is 32.0 Å². The molecule has 6 atom stereocenters. The van der Waals surface area contributed by atoms with Crippen molar-refractivity contribution in [2.24, 2.45) is 17.8 Å². The van der Waals surface area contributed by atoms with Gasteiger partial charge in [-0.3, -0.25) is 4.34 Å². The van der Waals surface area contributed by atoms with Gasteiger partial charge in [-0.1, -0.05) is 163 Å². The Morgan fingerprint density at radius 1 is 0.806 bits per heavy atom. The predicted molar refractivity (Wildman–Crippen MR) is 305 cm³/mol. The molecule has 0 saturated carbocycles. The lowest BCUT2D eigenvalue weighted by Crippen LogP contribution is -2.32. The molecule has 6 unspecified atom stereocenters. The maximum Gasteiger partial charge on any atom is 0.313 e. The molecular weight excluding hydrogens is 923 g/mol. The van der Waals surface area contributed by atoms with Crippen molar-refractivity contribution in [1.29, 1.82) is 0 Å². The maximum absolute atomic E-state index is 7.49. The molecule has 1 N–H and O–H groups in total. The molecule has 5 heterocycles. The van der Waals surface area contributed by atoms with Crippen LogP contribution in [0.3, 0.4) is 0 Å². The number of allylic oxidation sites excluding steroid dienone is 4. The summed E-state index contributed by atoms with van der Waals surface area (Å²) in [6.45, 7) is 30.2.